The molecule has 0 aliphatic carbocycles. The van der Waals surface area contributed by atoms with Gasteiger partial charge in [-0.1, -0.05) is 23.7 Å². The van der Waals surface area contributed by atoms with Gasteiger partial charge in [-0.2, -0.15) is 0 Å². The number of halogens is 1. The summed E-state index contributed by atoms with van der Waals surface area (Å²) in [5, 5.41) is 14.1. The zero-order valence-corrected chi connectivity index (χ0v) is 14.4. The van der Waals surface area contributed by atoms with E-state index in [-0.39, 0.29) is 5.54 Å². The lowest BCUT2D eigenvalue weighted by Crippen LogP contribution is -2.36. The number of benzene rings is 1. The fourth-order valence-electron chi connectivity index (χ4n) is 2.14. The van der Waals surface area contributed by atoms with Gasteiger partial charge in [-0.15, -0.1) is 0 Å². The molecule has 0 radical (unpaired) electrons. The molecule has 2 N–H and O–H groups in total. The van der Waals surface area contributed by atoms with Gasteiger partial charge in [0.2, 0.25) is 0 Å². The highest BCUT2D eigenvalue weighted by Gasteiger charge is 2.16. The van der Waals surface area contributed by atoms with Crippen molar-refractivity contribution in [2.24, 2.45) is 0 Å². The van der Waals surface area contributed by atoms with Crippen molar-refractivity contribution in [3.63, 3.8) is 0 Å². The third-order valence-corrected chi connectivity index (χ3v) is 3.41. The lowest BCUT2D eigenvalue weighted by atomic mass is 10.1. The van der Waals surface area contributed by atoms with Gasteiger partial charge >= 0.3 is 0 Å². The summed E-state index contributed by atoms with van der Waals surface area (Å²) in [6, 6.07) is 5.88. The second-order valence-corrected chi connectivity index (χ2v) is 6.75. The number of anilines is 1. The molecule has 0 fully saturated rings. The van der Waals surface area contributed by atoms with Crippen molar-refractivity contribution in [2.45, 2.75) is 39.0 Å². The Labute approximate surface area is 133 Å². The van der Waals surface area contributed by atoms with Crippen LogP contribution in [0, 0.1) is 0 Å². The Morgan fingerprint density at radius 1 is 1.38 bits per heavy atom. The van der Waals surface area contributed by atoms with Gasteiger partial charge in [-0.3, -0.25) is 0 Å². The highest BCUT2D eigenvalue weighted by Crippen LogP contribution is 2.29. The normalized spacial score (nSPS) is 13.3. The lowest BCUT2D eigenvalue weighted by Gasteiger charge is -2.28. The number of nitrogens with zero attached hydrogens (tertiary/aromatic N) is 1. The molecule has 0 heterocycles. The molecule has 0 aliphatic rings. The monoisotopic (exact) mass is 314 g/mol. The van der Waals surface area contributed by atoms with Crippen LogP contribution in [0.25, 0.3) is 0 Å². The summed E-state index contributed by atoms with van der Waals surface area (Å²) in [6.07, 6.45) is -0.542. The Bertz CT molecular complexity index is 446. The Hall–Kier alpha value is -0.810. The Balaban J connectivity index is 2.88. The minimum absolute atomic E-state index is 0.0354. The Morgan fingerprint density at radius 2 is 2.05 bits per heavy atom. The minimum Gasteiger partial charge on any atom is -0.389 e. The first kappa shape index (κ1) is 18.2. The first-order valence-electron chi connectivity index (χ1n) is 7.15. The van der Waals surface area contributed by atoms with Crippen LogP contribution in [0.1, 0.15) is 26.3 Å². The van der Waals surface area contributed by atoms with Crippen LogP contribution < -0.4 is 10.2 Å². The number of hydrogen-bond acceptors (Lipinski definition) is 4. The van der Waals surface area contributed by atoms with Gasteiger partial charge in [0.1, 0.15) is 0 Å². The van der Waals surface area contributed by atoms with Crippen molar-refractivity contribution in [3.05, 3.63) is 28.8 Å². The van der Waals surface area contributed by atoms with Crippen molar-refractivity contribution < 1.29 is 9.84 Å². The predicted octanol–water partition coefficient (Wildman–Crippen LogP) is 2.67. The Kier molecular flexibility index (Phi) is 6.94. The van der Waals surface area contributed by atoms with E-state index in [1.807, 2.05) is 24.1 Å². The lowest BCUT2D eigenvalue weighted by molar-refractivity contribution is 0.0695. The van der Waals surface area contributed by atoms with Gasteiger partial charge in [0, 0.05) is 32.8 Å². The largest absolute Gasteiger partial charge is 0.389 e. The predicted molar refractivity (Wildman–Crippen MR) is 89.2 cm³/mol. The van der Waals surface area contributed by atoms with Crippen LogP contribution in [0.2, 0.25) is 5.02 Å². The standard InChI is InChI=1S/C16H27ClN2O2/c1-16(2,3)18-9-12-7-6-8-14(17)15(12)19(4)10-13(20)11-21-5/h6-8,13,18,20H,9-11H2,1-5H3. The molecule has 120 valence electrons. The molecule has 0 spiro atoms. The van der Waals surface area contributed by atoms with Gasteiger partial charge in [0.15, 0.2) is 0 Å². The van der Waals surface area contributed by atoms with Crippen LogP contribution in [0.3, 0.4) is 0 Å². The zero-order chi connectivity index (χ0) is 16.0. The van der Waals surface area contributed by atoms with Crippen LogP contribution in [-0.2, 0) is 11.3 Å². The van der Waals surface area contributed by atoms with Crippen LogP contribution in [-0.4, -0.2) is 44.1 Å². The maximum atomic E-state index is 9.90. The maximum Gasteiger partial charge on any atom is 0.0947 e. The average Bonchev–Trinajstić information content (AvgIpc) is 2.35. The minimum atomic E-state index is -0.542. The topological polar surface area (TPSA) is 44.7 Å². The van der Waals surface area contributed by atoms with E-state index < -0.39 is 6.10 Å². The molecule has 5 heteroatoms. The molecular weight excluding hydrogens is 288 g/mol. The van der Waals surface area contributed by atoms with Gasteiger partial charge in [0.25, 0.3) is 0 Å². The first-order chi connectivity index (χ1) is 9.74. The van der Waals surface area contributed by atoms with E-state index in [0.717, 1.165) is 17.8 Å². The molecule has 0 saturated carbocycles. The van der Waals surface area contributed by atoms with Crippen LogP contribution >= 0.6 is 11.6 Å². The molecule has 1 rings (SSSR count). The number of rotatable bonds is 7. The first-order valence-corrected chi connectivity index (χ1v) is 7.53. The summed E-state index contributed by atoms with van der Waals surface area (Å²) in [7, 11) is 3.51. The number of nitrogens with one attached hydrogen (secondary N) is 1. The number of aliphatic hydroxyl groups excluding tert-OH is 1. The summed E-state index contributed by atoms with van der Waals surface area (Å²) in [5.74, 6) is 0. The van der Waals surface area contributed by atoms with Gasteiger partial charge < -0.3 is 20.1 Å². The summed E-state index contributed by atoms with van der Waals surface area (Å²) in [5.41, 5.74) is 2.10. The molecule has 1 aromatic carbocycles. The molecule has 1 aromatic rings. The summed E-state index contributed by atoms with van der Waals surface area (Å²) < 4.78 is 4.97. The van der Waals surface area contributed by atoms with E-state index in [4.69, 9.17) is 16.3 Å². The fraction of sp³-hybridized carbons (Fsp3) is 0.625. The number of methoxy groups -OCH3 is 1. The summed E-state index contributed by atoms with van der Waals surface area (Å²) in [4.78, 5) is 1.98. The molecule has 4 nitrogen and oxygen atoms in total. The Morgan fingerprint density at radius 3 is 2.62 bits per heavy atom. The van der Waals surface area contributed by atoms with E-state index >= 15 is 0 Å². The van der Waals surface area contributed by atoms with E-state index in [9.17, 15) is 5.11 Å². The second kappa shape index (κ2) is 7.99. The highest BCUT2D eigenvalue weighted by atomic mass is 35.5. The molecular formula is C16H27ClN2O2. The van der Waals surface area contributed by atoms with Crippen LogP contribution in [0.15, 0.2) is 18.2 Å². The van der Waals surface area contributed by atoms with E-state index in [0.29, 0.717) is 18.2 Å². The van der Waals surface area contributed by atoms with Crippen molar-refractivity contribution >= 4 is 17.3 Å². The number of aliphatic hydroxyl groups is 1. The molecule has 1 unspecified atom stereocenters. The number of likely N-dealkylation sites (N-methyl/N-ethyl adjacent to an activating group) is 1. The third-order valence-electron chi connectivity index (χ3n) is 3.10. The van der Waals surface area contributed by atoms with Gasteiger partial charge in [0.05, 0.1) is 23.4 Å². The SMILES string of the molecule is COCC(O)CN(C)c1c(Cl)cccc1CNC(C)(C)C. The zero-order valence-electron chi connectivity index (χ0n) is 13.6. The van der Waals surface area contributed by atoms with Crippen molar-refractivity contribution in [1.82, 2.24) is 5.32 Å². The molecule has 21 heavy (non-hydrogen) atoms. The third kappa shape index (κ3) is 6.22. The molecule has 0 aromatic heterocycles. The van der Waals surface area contributed by atoms with Crippen LogP contribution in [0.4, 0.5) is 5.69 Å². The van der Waals surface area contributed by atoms with Crippen LogP contribution in [0.5, 0.6) is 0 Å². The van der Waals surface area contributed by atoms with E-state index in [1.54, 1.807) is 7.11 Å². The number of para-hydroxylation sites is 1. The van der Waals surface area contributed by atoms with Gasteiger partial charge in [-0.05, 0) is 32.4 Å². The quantitative estimate of drug-likeness (QED) is 0.812. The van der Waals surface area contributed by atoms with Crippen molar-refractivity contribution in [3.8, 4) is 0 Å². The molecule has 0 bridgehead atoms. The van der Waals surface area contributed by atoms with Crippen molar-refractivity contribution in [2.75, 3.05) is 32.2 Å². The average molecular weight is 315 g/mol. The molecule has 1 atom stereocenters. The smallest absolute Gasteiger partial charge is 0.0947 e. The van der Waals surface area contributed by atoms with Gasteiger partial charge in [-0.25, -0.2) is 0 Å². The maximum absolute atomic E-state index is 9.90. The number of ether oxygens (including phenoxy) is 1. The highest BCUT2D eigenvalue weighted by molar-refractivity contribution is 6.33. The molecule has 0 amide bonds. The van der Waals surface area contributed by atoms with E-state index in [2.05, 4.69) is 32.2 Å². The van der Waals surface area contributed by atoms with E-state index in [1.165, 1.54) is 0 Å². The second-order valence-electron chi connectivity index (χ2n) is 6.34. The molecule has 0 saturated heterocycles. The van der Waals surface area contributed by atoms with Crippen molar-refractivity contribution in [1.29, 1.82) is 0 Å². The summed E-state index contributed by atoms with van der Waals surface area (Å²) in [6.45, 7) is 7.89. The molecule has 0 aliphatic heterocycles. The number of hydrogen-bond donors (Lipinski definition) is 2. The fourth-order valence-corrected chi connectivity index (χ4v) is 2.48. The summed E-state index contributed by atoms with van der Waals surface area (Å²) >= 11 is 6.35.